The molecule has 1 aliphatic rings. The second-order valence-corrected chi connectivity index (χ2v) is 3.83. The quantitative estimate of drug-likeness (QED) is 0.790. The van der Waals surface area contributed by atoms with Gasteiger partial charge in [0.15, 0.2) is 0 Å². The number of benzene rings is 1. The van der Waals surface area contributed by atoms with Crippen LogP contribution in [0.5, 0.6) is 0 Å². The molecular formula is C12H13NO4. The van der Waals surface area contributed by atoms with Crippen molar-refractivity contribution in [3.05, 3.63) is 35.4 Å². The number of morpholine rings is 1. The molecule has 1 aliphatic heterocycles. The molecule has 1 aromatic carbocycles. The first-order chi connectivity index (χ1) is 8.22. The standard InChI is InChI=1S/C12H13NO4/c14-8-9-3-1-2-4-10(9)11-7-13(12(15)16)5-6-17-11/h1-4,8,11H,5-7H2,(H,15,16). The Bertz CT molecular complexity index is 432. The number of aldehydes is 1. The molecule has 2 rings (SSSR count). The second kappa shape index (κ2) is 4.97. The van der Waals surface area contributed by atoms with Crippen molar-refractivity contribution >= 4 is 12.4 Å². The topological polar surface area (TPSA) is 66.8 Å². The highest BCUT2D eigenvalue weighted by molar-refractivity contribution is 5.77. The molecule has 1 N–H and O–H groups in total. The lowest BCUT2D eigenvalue weighted by atomic mass is 10.0. The van der Waals surface area contributed by atoms with Crippen LogP contribution in [0.4, 0.5) is 4.79 Å². The summed E-state index contributed by atoms with van der Waals surface area (Å²) in [5.74, 6) is 0. The smallest absolute Gasteiger partial charge is 0.407 e. The first kappa shape index (κ1) is 11.6. The zero-order chi connectivity index (χ0) is 12.3. The summed E-state index contributed by atoms with van der Waals surface area (Å²) in [6.45, 7) is 0.986. The van der Waals surface area contributed by atoms with Crippen LogP contribution in [0.15, 0.2) is 24.3 Å². The number of hydrogen-bond donors (Lipinski definition) is 1. The van der Waals surface area contributed by atoms with Crippen molar-refractivity contribution < 1.29 is 19.4 Å². The van der Waals surface area contributed by atoms with Gasteiger partial charge in [-0.15, -0.1) is 0 Å². The number of rotatable bonds is 2. The Labute approximate surface area is 98.6 Å². The SMILES string of the molecule is O=Cc1ccccc1C1CN(C(=O)O)CCO1. The summed E-state index contributed by atoms with van der Waals surface area (Å²) < 4.78 is 5.52. The molecule has 1 aromatic rings. The Morgan fingerprint density at radius 3 is 2.94 bits per heavy atom. The molecule has 1 heterocycles. The summed E-state index contributed by atoms with van der Waals surface area (Å²) in [6, 6.07) is 7.07. The molecule has 1 amide bonds. The lowest BCUT2D eigenvalue weighted by Crippen LogP contribution is -2.41. The summed E-state index contributed by atoms with van der Waals surface area (Å²) in [6.07, 6.45) is -0.554. The van der Waals surface area contributed by atoms with E-state index in [4.69, 9.17) is 9.84 Å². The van der Waals surface area contributed by atoms with Gasteiger partial charge in [0.25, 0.3) is 0 Å². The molecule has 0 spiro atoms. The van der Waals surface area contributed by atoms with E-state index >= 15 is 0 Å². The van der Waals surface area contributed by atoms with Crippen LogP contribution in [0.2, 0.25) is 0 Å². The van der Waals surface area contributed by atoms with Gasteiger partial charge >= 0.3 is 6.09 Å². The monoisotopic (exact) mass is 235 g/mol. The van der Waals surface area contributed by atoms with Crippen molar-refractivity contribution in [1.29, 1.82) is 0 Å². The lowest BCUT2D eigenvalue weighted by molar-refractivity contribution is -0.0233. The van der Waals surface area contributed by atoms with E-state index in [0.29, 0.717) is 18.7 Å². The van der Waals surface area contributed by atoms with Crippen LogP contribution in [0.3, 0.4) is 0 Å². The normalized spacial score (nSPS) is 20.0. The summed E-state index contributed by atoms with van der Waals surface area (Å²) in [4.78, 5) is 23.1. The third-order valence-electron chi connectivity index (χ3n) is 2.81. The number of carbonyl (C=O) groups is 2. The molecule has 0 aromatic heterocycles. The zero-order valence-corrected chi connectivity index (χ0v) is 9.20. The Kier molecular flexibility index (Phi) is 3.39. The van der Waals surface area contributed by atoms with E-state index in [0.717, 1.165) is 11.8 Å². The number of carboxylic acid groups (broad SMARTS) is 1. The molecule has 1 unspecified atom stereocenters. The van der Waals surface area contributed by atoms with Crippen molar-refractivity contribution in [2.75, 3.05) is 19.7 Å². The Morgan fingerprint density at radius 1 is 1.47 bits per heavy atom. The Morgan fingerprint density at radius 2 is 2.24 bits per heavy atom. The molecular weight excluding hydrogens is 222 g/mol. The summed E-state index contributed by atoms with van der Waals surface area (Å²) in [5.41, 5.74) is 1.29. The van der Waals surface area contributed by atoms with Gasteiger partial charge in [0.05, 0.1) is 13.2 Å². The van der Waals surface area contributed by atoms with Crippen LogP contribution in [0.1, 0.15) is 22.0 Å². The van der Waals surface area contributed by atoms with Gasteiger partial charge in [0.2, 0.25) is 0 Å². The maximum absolute atomic E-state index is 10.9. The minimum absolute atomic E-state index is 0.264. The van der Waals surface area contributed by atoms with E-state index in [1.165, 1.54) is 4.90 Å². The maximum atomic E-state index is 10.9. The average Bonchev–Trinajstić information content (AvgIpc) is 2.39. The first-order valence-electron chi connectivity index (χ1n) is 5.36. The number of carbonyl (C=O) groups excluding carboxylic acids is 1. The predicted octanol–water partition coefficient (Wildman–Crippen LogP) is 1.55. The highest BCUT2D eigenvalue weighted by Gasteiger charge is 2.26. The van der Waals surface area contributed by atoms with Crippen LogP contribution < -0.4 is 0 Å². The van der Waals surface area contributed by atoms with Gasteiger partial charge in [-0.25, -0.2) is 4.79 Å². The van der Waals surface area contributed by atoms with Crippen molar-refractivity contribution in [3.63, 3.8) is 0 Å². The van der Waals surface area contributed by atoms with E-state index in [1.807, 2.05) is 6.07 Å². The van der Waals surface area contributed by atoms with Crippen molar-refractivity contribution in [2.24, 2.45) is 0 Å². The van der Waals surface area contributed by atoms with Crippen LogP contribution in [0, 0.1) is 0 Å². The fourth-order valence-electron chi connectivity index (χ4n) is 1.92. The fourth-order valence-corrected chi connectivity index (χ4v) is 1.92. The van der Waals surface area contributed by atoms with E-state index in [9.17, 15) is 9.59 Å². The lowest BCUT2D eigenvalue weighted by Gasteiger charge is -2.31. The highest BCUT2D eigenvalue weighted by atomic mass is 16.5. The average molecular weight is 235 g/mol. The predicted molar refractivity (Wildman–Crippen MR) is 60.1 cm³/mol. The minimum atomic E-state index is -0.957. The molecule has 0 bridgehead atoms. The van der Waals surface area contributed by atoms with Crippen LogP contribution >= 0.6 is 0 Å². The molecule has 1 fully saturated rings. The van der Waals surface area contributed by atoms with Gasteiger partial charge in [-0.05, 0) is 5.56 Å². The van der Waals surface area contributed by atoms with E-state index in [-0.39, 0.29) is 12.6 Å². The molecule has 5 nitrogen and oxygen atoms in total. The molecule has 17 heavy (non-hydrogen) atoms. The molecule has 0 radical (unpaired) electrons. The third-order valence-corrected chi connectivity index (χ3v) is 2.81. The van der Waals surface area contributed by atoms with Crippen LogP contribution in [0.25, 0.3) is 0 Å². The third kappa shape index (κ3) is 2.45. The van der Waals surface area contributed by atoms with Gasteiger partial charge in [0, 0.05) is 12.1 Å². The highest BCUT2D eigenvalue weighted by Crippen LogP contribution is 2.24. The largest absolute Gasteiger partial charge is 0.465 e. The molecule has 1 saturated heterocycles. The number of nitrogens with zero attached hydrogens (tertiary/aromatic N) is 1. The van der Waals surface area contributed by atoms with Crippen LogP contribution in [-0.2, 0) is 4.74 Å². The molecule has 0 saturated carbocycles. The van der Waals surface area contributed by atoms with Crippen molar-refractivity contribution in [2.45, 2.75) is 6.10 Å². The summed E-state index contributed by atoms with van der Waals surface area (Å²) in [7, 11) is 0. The van der Waals surface area contributed by atoms with Gasteiger partial charge < -0.3 is 14.7 Å². The molecule has 0 aliphatic carbocycles. The fraction of sp³-hybridized carbons (Fsp3) is 0.333. The second-order valence-electron chi connectivity index (χ2n) is 3.83. The Hall–Kier alpha value is -1.88. The molecule has 1 atom stereocenters. The van der Waals surface area contributed by atoms with Gasteiger partial charge in [0.1, 0.15) is 12.4 Å². The first-order valence-corrected chi connectivity index (χ1v) is 5.36. The van der Waals surface area contributed by atoms with Crippen molar-refractivity contribution in [3.8, 4) is 0 Å². The minimum Gasteiger partial charge on any atom is -0.465 e. The summed E-state index contributed by atoms with van der Waals surface area (Å²) in [5, 5.41) is 8.93. The van der Waals surface area contributed by atoms with Crippen LogP contribution in [-0.4, -0.2) is 42.1 Å². The summed E-state index contributed by atoms with van der Waals surface area (Å²) >= 11 is 0. The number of amides is 1. The van der Waals surface area contributed by atoms with E-state index in [1.54, 1.807) is 18.2 Å². The van der Waals surface area contributed by atoms with E-state index in [2.05, 4.69) is 0 Å². The maximum Gasteiger partial charge on any atom is 0.407 e. The van der Waals surface area contributed by atoms with Gasteiger partial charge in [-0.3, -0.25) is 4.79 Å². The van der Waals surface area contributed by atoms with Crippen molar-refractivity contribution in [1.82, 2.24) is 4.90 Å². The molecule has 5 heteroatoms. The number of ether oxygens (including phenoxy) is 1. The Balaban J connectivity index is 2.21. The zero-order valence-electron chi connectivity index (χ0n) is 9.20. The number of hydrogen-bond acceptors (Lipinski definition) is 3. The van der Waals surface area contributed by atoms with E-state index < -0.39 is 6.09 Å². The van der Waals surface area contributed by atoms with Gasteiger partial charge in [-0.1, -0.05) is 24.3 Å². The molecule has 90 valence electrons. The van der Waals surface area contributed by atoms with Gasteiger partial charge in [-0.2, -0.15) is 0 Å².